The molecule has 0 aromatic carbocycles. The van der Waals surface area contributed by atoms with E-state index in [4.69, 9.17) is 10.9 Å². The number of aromatic nitrogens is 2. The number of amidine groups is 1. The maximum absolute atomic E-state index is 11.0. The molecule has 0 fully saturated rings. The quantitative estimate of drug-likeness (QED) is 0.289. The predicted molar refractivity (Wildman–Crippen MR) is 69.6 cm³/mol. The molecule has 0 amide bonds. The number of hydrogen-bond donors (Lipinski definition) is 2. The molecule has 0 saturated heterocycles. The van der Waals surface area contributed by atoms with Crippen LogP contribution in [0.25, 0.3) is 0 Å². The zero-order valence-corrected chi connectivity index (χ0v) is 10.9. The molecule has 2 heterocycles. The topological polar surface area (TPSA) is 128 Å². The average Bonchev–Trinajstić information content (AvgIpc) is 2.91. The van der Waals surface area contributed by atoms with E-state index < -0.39 is 4.92 Å². The van der Waals surface area contributed by atoms with Crippen LogP contribution in [0.4, 0.5) is 5.69 Å². The molecule has 0 aliphatic heterocycles. The van der Waals surface area contributed by atoms with Gasteiger partial charge in [-0.25, -0.2) is 9.97 Å². The number of oxime groups is 1. The van der Waals surface area contributed by atoms with E-state index in [0.717, 1.165) is 11.8 Å². The number of nitrogens with two attached hydrogens (primary N) is 1. The molecule has 10 heteroatoms. The maximum atomic E-state index is 11.0. The highest BCUT2D eigenvalue weighted by molar-refractivity contribution is 8.01. The fourth-order valence-electron chi connectivity index (χ4n) is 1.19. The summed E-state index contributed by atoms with van der Waals surface area (Å²) in [7, 11) is 0. The van der Waals surface area contributed by atoms with Gasteiger partial charge >= 0.3 is 5.69 Å². The highest BCUT2D eigenvalue weighted by Gasteiger charge is 2.19. The molecule has 2 rings (SSSR count). The van der Waals surface area contributed by atoms with E-state index >= 15 is 0 Å². The van der Waals surface area contributed by atoms with Crippen molar-refractivity contribution in [1.29, 1.82) is 0 Å². The van der Waals surface area contributed by atoms with Gasteiger partial charge < -0.3 is 10.9 Å². The van der Waals surface area contributed by atoms with Gasteiger partial charge in [-0.2, -0.15) is 0 Å². The number of rotatable bonds is 4. The van der Waals surface area contributed by atoms with Gasteiger partial charge in [0.2, 0.25) is 0 Å². The molecule has 0 unspecified atom stereocenters. The minimum Gasteiger partial charge on any atom is -0.409 e. The van der Waals surface area contributed by atoms with Crippen LogP contribution in [0, 0.1) is 10.1 Å². The van der Waals surface area contributed by atoms with Crippen LogP contribution in [0.15, 0.2) is 38.4 Å². The lowest BCUT2D eigenvalue weighted by atomic mass is 10.2. The summed E-state index contributed by atoms with van der Waals surface area (Å²) >= 11 is 2.44. The molecule has 2 aromatic heterocycles. The summed E-state index contributed by atoms with van der Waals surface area (Å²) < 4.78 is 0.646. The van der Waals surface area contributed by atoms with Crippen LogP contribution in [0.3, 0.4) is 0 Å². The number of thiazole rings is 1. The van der Waals surface area contributed by atoms with Gasteiger partial charge in [0.15, 0.2) is 15.2 Å². The smallest absolute Gasteiger partial charge is 0.302 e. The molecule has 19 heavy (non-hydrogen) atoms. The molecule has 0 bridgehead atoms. The van der Waals surface area contributed by atoms with Crippen molar-refractivity contribution < 1.29 is 10.1 Å². The van der Waals surface area contributed by atoms with Gasteiger partial charge in [-0.15, -0.1) is 11.3 Å². The summed E-state index contributed by atoms with van der Waals surface area (Å²) in [6, 6.07) is 1.21. The van der Waals surface area contributed by atoms with E-state index in [1.807, 2.05) is 0 Å². The lowest BCUT2D eigenvalue weighted by molar-refractivity contribution is -0.388. The molecule has 0 aliphatic rings. The summed E-state index contributed by atoms with van der Waals surface area (Å²) in [5.41, 5.74) is 5.33. The zero-order chi connectivity index (χ0) is 13.8. The van der Waals surface area contributed by atoms with E-state index in [0.29, 0.717) is 4.34 Å². The molecule has 0 radical (unpaired) electrons. The van der Waals surface area contributed by atoms with Crippen molar-refractivity contribution in [3.63, 3.8) is 0 Å². The molecule has 0 spiro atoms. The first-order valence-corrected chi connectivity index (χ1v) is 6.51. The predicted octanol–water partition coefficient (Wildman–Crippen LogP) is 1.69. The average molecular weight is 297 g/mol. The largest absolute Gasteiger partial charge is 0.409 e. The van der Waals surface area contributed by atoms with Gasteiger partial charge in [0, 0.05) is 29.4 Å². The summed E-state index contributed by atoms with van der Waals surface area (Å²) in [5, 5.41) is 24.3. The second kappa shape index (κ2) is 5.63. The third-order valence-corrected chi connectivity index (χ3v) is 3.92. The highest BCUT2D eigenvalue weighted by Crippen LogP contribution is 2.34. The molecule has 2 aromatic rings. The Bertz CT molecular complexity index is 629. The lowest BCUT2D eigenvalue weighted by Crippen LogP contribution is -2.14. The summed E-state index contributed by atoms with van der Waals surface area (Å²) in [5.74, 6) is -0.235. The first-order valence-electron chi connectivity index (χ1n) is 4.81. The Hall–Kier alpha value is -2.20. The Morgan fingerprint density at radius 3 is 2.95 bits per heavy atom. The number of pyridine rings is 1. The van der Waals surface area contributed by atoms with Crippen LogP contribution in [-0.4, -0.2) is 25.9 Å². The van der Waals surface area contributed by atoms with Crippen molar-refractivity contribution in [3.05, 3.63) is 39.5 Å². The fraction of sp³-hybridized carbons (Fsp3) is 0. The van der Waals surface area contributed by atoms with Crippen molar-refractivity contribution >= 4 is 34.6 Å². The Balaban J connectivity index is 2.41. The van der Waals surface area contributed by atoms with Crippen LogP contribution in [0.2, 0.25) is 0 Å². The van der Waals surface area contributed by atoms with Gasteiger partial charge in [-0.1, -0.05) is 5.16 Å². The van der Waals surface area contributed by atoms with Crippen LogP contribution in [-0.2, 0) is 0 Å². The molecule has 0 saturated carbocycles. The van der Waals surface area contributed by atoms with Gasteiger partial charge in [0.05, 0.1) is 4.92 Å². The number of nitro groups is 1. The number of hydrogen-bond acceptors (Lipinski definition) is 8. The van der Waals surface area contributed by atoms with Gasteiger partial charge in [-0.3, -0.25) is 10.1 Å². The Kier molecular flexibility index (Phi) is 3.92. The molecule has 3 N–H and O–H groups in total. The Morgan fingerprint density at radius 2 is 2.37 bits per heavy atom. The zero-order valence-electron chi connectivity index (χ0n) is 9.26. The van der Waals surface area contributed by atoms with Crippen LogP contribution < -0.4 is 5.73 Å². The number of nitrogens with zero attached hydrogens (tertiary/aromatic N) is 4. The van der Waals surface area contributed by atoms with Crippen molar-refractivity contribution in [2.45, 2.75) is 9.37 Å². The first-order chi connectivity index (χ1) is 9.11. The minimum atomic E-state index is -0.572. The molecule has 0 aliphatic carbocycles. The van der Waals surface area contributed by atoms with Crippen molar-refractivity contribution in [2.75, 3.05) is 0 Å². The summed E-state index contributed by atoms with van der Waals surface area (Å²) in [6.45, 7) is 0. The molecular weight excluding hydrogens is 290 g/mol. The van der Waals surface area contributed by atoms with Crippen molar-refractivity contribution in [3.8, 4) is 0 Å². The Morgan fingerprint density at radius 1 is 1.58 bits per heavy atom. The standard InChI is InChI=1S/C9H7N5O3S2/c10-7(13-15)5-3-6(14(16)17)8(12-4-5)19-9-11-1-2-18-9/h1-4,15H,(H2,10,13). The fourth-order valence-corrected chi connectivity index (χ4v) is 2.77. The minimum absolute atomic E-state index is 0.178. The van der Waals surface area contributed by atoms with Crippen molar-refractivity contribution in [2.24, 2.45) is 10.9 Å². The second-order valence-corrected chi connectivity index (χ2v) is 5.32. The molecule has 98 valence electrons. The SMILES string of the molecule is N/C(=N/O)c1cnc(Sc2nccs2)c([N+](=O)[O-])c1. The van der Waals surface area contributed by atoms with E-state index in [-0.39, 0.29) is 22.1 Å². The molecule has 0 atom stereocenters. The van der Waals surface area contributed by atoms with E-state index in [1.54, 1.807) is 11.6 Å². The van der Waals surface area contributed by atoms with Crippen molar-refractivity contribution in [1.82, 2.24) is 9.97 Å². The van der Waals surface area contributed by atoms with Crippen LogP contribution in [0.1, 0.15) is 5.56 Å². The third-order valence-electron chi connectivity index (χ3n) is 2.03. The normalized spacial score (nSPS) is 11.5. The van der Waals surface area contributed by atoms with Gasteiger partial charge in [0.25, 0.3) is 0 Å². The van der Waals surface area contributed by atoms with E-state index in [1.165, 1.54) is 23.6 Å². The highest BCUT2D eigenvalue weighted by atomic mass is 32.2. The van der Waals surface area contributed by atoms with E-state index in [2.05, 4.69) is 15.1 Å². The Labute approximate surface area is 115 Å². The monoisotopic (exact) mass is 297 g/mol. The lowest BCUT2D eigenvalue weighted by Gasteiger charge is -2.02. The van der Waals surface area contributed by atoms with Crippen LogP contribution >= 0.6 is 23.1 Å². The third kappa shape index (κ3) is 2.98. The summed E-state index contributed by atoms with van der Waals surface area (Å²) in [4.78, 5) is 18.4. The van der Waals surface area contributed by atoms with E-state index in [9.17, 15) is 10.1 Å². The molecule has 8 nitrogen and oxygen atoms in total. The van der Waals surface area contributed by atoms with Crippen LogP contribution in [0.5, 0.6) is 0 Å². The van der Waals surface area contributed by atoms with Gasteiger partial charge in [0.1, 0.15) is 0 Å². The first kappa shape index (κ1) is 13.2. The summed E-state index contributed by atoms with van der Waals surface area (Å²) in [6.07, 6.45) is 2.90. The maximum Gasteiger partial charge on any atom is 0.302 e. The molecular formula is C9H7N5O3S2. The van der Waals surface area contributed by atoms with Gasteiger partial charge in [-0.05, 0) is 11.8 Å². The second-order valence-electron chi connectivity index (χ2n) is 3.19.